The van der Waals surface area contributed by atoms with Gasteiger partial charge in [0.2, 0.25) is 6.79 Å². The van der Waals surface area contributed by atoms with Crippen LogP contribution in [0.2, 0.25) is 0 Å². The Morgan fingerprint density at radius 2 is 1.67 bits per heavy atom. The summed E-state index contributed by atoms with van der Waals surface area (Å²) in [6, 6.07) is 13.6. The van der Waals surface area contributed by atoms with Gasteiger partial charge in [-0.15, -0.1) is 0 Å². The number of carbonyl (C=O) groups excluding carboxylic acids is 2. The van der Waals surface area contributed by atoms with Gasteiger partial charge in [-0.2, -0.15) is 0 Å². The molecule has 1 aliphatic heterocycles. The van der Waals surface area contributed by atoms with Crippen LogP contribution < -0.4 is 29.9 Å². The van der Waals surface area contributed by atoms with Crippen LogP contribution in [0.25, 0.3) is 0 Å². The van der Waals surface area contributed by atoms with Gasteiger partial charge in [-0.05, 0) is 29.8 Å². The Morgan fingerprint density at radius 3 is 2.33 bits per heavy atom. The van der Waals surface area contributed by atoms with Gasteiger partial charge in [-0.1, -0.05) is 18.2 Å². The molecule has 160 valence electrons. The maximum Gasteiger partial charge on any atom is 0.309 e. The van der Waals surface area contributed by atoms with E-state index in [4.69, 9.17) is 9.47 Å². The fraction of sp³-hybridized carbons (Fsp3) is 0.364. The normalized spacial score (nSPS) is 13.1. The number of benzene rings is 2. The number of ether oxygens (including phenoxy) is 2. The molecular formula is C22H29N4O4+. The number of nitrogens with zero attached hydrogens (tertiary/aromatic N) is 1. The largest absolute Gasteiger partial charge is 0.454 e. The van der Waals surface area contributed by atoms with Crippen LogP contribution in [0.15, 0.2) is 42.5 Å². The lowest BCUT2D eigenvalue weighted by molar-refractivity contribution is -0.890. The monoisotopic (exact) mass is 413 g/mol. The average Bonchev–Trinajstić information content (AvgIpc) is 3.20. The average molecular weight is 413 g/mol. The van der Waals surface area contributed by atoms with Gasteiger partial charge in [0.1, 0.15) is 6.04 Å². The summed E-state index contributed by atoms with van der Waals surface area (Å²) in [6.45, 7) is 0.789. The van der Waals surface area contributed by atoms with Crippen LogP contribution in [-0.4, -0.2) is 53.3 Å². The summed E-state index contributed by atoms with van der Waals surface area (Å²) in [7, 11) is 8.03. The van der Waals surface area contributed by atoms with Gasteiger partial charge >= 0.3 is 11.8 Å². The minimum Gasteiger partial charge on any atom is -0.454 e. The van der Waals surface area contributed by atoms with Crippen LogP contribution in [0.5, 0.6) is 11.5 Å². The highest BCUT2D eigenvalue weighted by Gasteiger charge is 2.21. The van der Waals surface area contributed by atoms with Crippen LogP contribution in [0.4, 0.5) is 5.69 Å². The third-order valence-electron chi connectivity index (χ3n) is 5.07. The van der Waals surface area contributed by atoms with Gasteiger partial charge in [-0.3, -0.25) is 9.59 Å². The minimum atomic E-state index is -0.664. The molecule has 8 nitrogen and oxygen atoms in total. The van der Waals surface area contributed by atoms with Gasteiger partial charge in [0.25, 0.3) is 0 Å². The number of rotatable bonds is 7. The van der Waals surface area contributed by atoms with E-state index in [1.807, 2.05) is 51.3 Å². The molecule has 2 aromatic rings. The van der Waals surface area contributed by atoms with E-state index in [0.29, 0.717) is 18.0 Å². The molecule has 1 heterocycles. The Kier molecular flexibility index (Phi) is 6.79. The second kappa shape index (κ2) is 9.49. The van der Waals surface area contributed by atoms with Crippen LogP contribution >= 0.6 is 0 Å². The molecular weight excluding hydrogens is 384 g/mol. The fourth-order valence-electron chi connectivity index (χ4n) is 3.25. The summed E-state index contributed by atoms with van der Waals surface area (Å²) in [6.07, 6.45) is 0. The zero-order valence-corrected chi connectivity index (χ0v) is 17.8. The van der Waals surface area contributed by atoms with E-state index >= 15 is 0 Å². The van der Waals surface area contributed by atoms with E-state index in [1.165, 1.54) is 0 Å². The molecule has 0 unspecified atom stereocenters. The van der Waals surface area contributed by atoms with Crippen molar-refractivity contribution < 1.29 is 24.0 Å². The van der Waals surface area contributed by atoms with Crippen molar-refractivity contribution in [2.24, 2.45) is 0 Å². The molecule has 0 saturated heterocycles. The number of fused-ring (bicyclic) bond motifs is 1. The third kappa shape index (κ3) is 5.21. The van der Waals surface area contributed by atoms with Crippen molar-refractivity contribution in [3.05, 3.63) is 53.6 Å². The lowest BCUT2D eigenvalue weighted by atomic mass is 10.1. The highest BCUT2D eigenvalue weighted by atomic mass is 16.7. The molecule has 2 aromatic carbocycles. The summed E-state index contributed by atoms with van der Waals surface area (Å²) in [5, 5.41) is 5.39. The summed E-state index contributed by atoms with van der Waals surface area (Å²) in [4.78, 5) is 27.7. The van der Waals surface area contributed by atoms with E-state index in [-0.39, 0.29) is 19.4 Å². The zero-order chi connectivity index (χ0) is 21.7. The van der Waals surface area contributed by atoms with Crippen LogP contribution in [0, 0.1) is 0 Å². The summed E-state index contributed by atoms with van der Waals surface area (Å²) < 4.78 is 10.6. The highest BCUT2D eigenvalue weighted by molar-refractivity contribution is 6.35. The number of carbonyl (C=O) groups is 2. The van der Waals surface area contributed by atoms with Crippen molar-refractivity contribution in [2.45, 2.75) is 12.6 Å². The van der Waals surface area contributed by atoms with E-state index < -0.39 is 11.8 Å². The molecule has 0 aliphatic carbocycles. The smallest absolute Gasteiger partial charge is 0.309 e. The number of amides is 2. The standard InChI is InChI=1S/C22H28N4O4/c1-25(2)17-8-6-16(7-9-17)18(26(3)4)13-24-22(28)21(27)23-12-15-5-10-19-20(11-15)30-14-29-19/h5-11,18H,12-14H2,1-4H3,(H,23,27)(H,24,28)/p+1/t18-/m1/s1. The molecule has 0 fully saturated rings. The number of likely N-dealkylation sites (N-methyl/N-ethyl adjacent to an activating group) is 1. The molecule has 8 heteroatoms. The molecule has 0 radical (unpaired) electrons. The van der Waals surface area contributed by atoms with E-state index in [9.17, 15) is 9.59 Å². The number of anilines is 1. The van der Waals surface area contributed by atoms with Crippen LogP contribution in [0.3, 0.4) is 0 Å². The maximum absolute atomic E-state index is 12.3. The Bertz CT molecular complexity index is 897. The second-order valence-corrected chi connectivity index (χ2v) is 7.70. The number of quaternary nitrogens is 1. The topological polar surface area (TPSA) is 84.3 Å². The van der Waals surface area contributed by atoms with Crippen molar-refractivity contribution in [3.8, 4) is 11.5 Å². The Morgan fingerprint density at radius 1 is 1.00 bits per heavy atom. The first-order chi connectivity index (χ1) is 14.3. The Labute approximate surface area is 176 Å². The molecule has 3 N–H and O–H groups in total. The first-order valence-corrected chi connectivity index (χ1v) is 9.87. The molecule has 0 saturated carbocycles. The van der Waals surface area contributed by atoms with Gasteiger partial charge in [0.15, 0.2) is 11.5 Å². The van der Waals surface area contributed by atoms with Gasteiger partial charge in [0, 0.05) is 31.9 Å². The quantitative estimate of drug-likeness (QED) is 0.561. The van der Waals surface area contributed by atoms with Crippen LogP contribution in [0.1, 0.15) is 17.2 Å². The van der Waals surface area contributed by atoms with Crippen molar-refractivity contribution in [1.82, 2.24) is 10.6 Å². The van der Waals surface area contributed by atoms with Crippen molar-refractivity contribution in [1.29, 1.82) is 0 Å². The van der Waals surface area contributed by atoms with Gasteiger partial charge < -0.3 is 29.9 Å². The zero-order valence-electron chi connectivity index (χ0n) is 17.8. The SMILES string of the molecule is CN(C)c1ccc([C@@H](CNC(=O)C(=O)NCc2ccc3c(c2)OCO3)[NH+](C)C)cc1. The maximum atomic E-state index is 12.3. The van der Waals surface area contributed by atoms with E-state index in [2.05, 4.69) is 22.8 Å². The van der Waals surface area contributed by atoms with Crippen LogP contribution in [-0.2, 0) is 16.1 Å². The highest BCUT2D eigenvalue weighted by Crippen LogP contribution is 2.32. The molecule has 2 amide bonds. The molecule has 1 atom stereocenters. The van der Waals surface area contributed by atoms with Crippen molar-refractivity contribution >= 4 is 17.5 Å². The lowest BCUT2D eigenvalue weighted by Gasteiger charge is -2.23. The first-order valence-electron chi connectivity index (χ1n) is 9.87. The second-order valence-electron chi connectivity index (χ2n) is 7.70. The summed E-state index contributed by atoms with van der Waals surface area (Å²) in [5.41, 5.74) is 3.04. The fourth-order valence-corrected chi connectivity index (χ4v) is 3.25. The number of hydrogen-bond acceptors (Lipinski definition) is 5. The van der Waals surface area contributed by atoms with Crippen molar-refractivity contribution in [2.75, 3.05) is 46.4 Å². The number of hydrogen-bond donors (Lipinski definition) is 3. The molecule has 1 aliphatic rings. The predicted octanol–water partition coefficient (Wildman–Crippen LogP) is 0.0995. The molecule has 0 spiro atoms. The number of nitrogens with one attached hydrogen (secondary N) is 3. The summed E-state index contributed by atoms with van der Waals surface area (Å²) >= 11 is 0. The van der Waals surface area contributed by atoms with E-state index in [0.717, 1.165) is 21.7 Å². The molecule has 3 rings (SSSR count). The van der Waals surface area contributed by atoms with Gasteiger partial charge in [0.05, 0.1) is 20.6 Å². The summed E-state index contributed by atoms with van der Waals surface area (Å²) in [5.74, 6) is 0.0111. The Balaban J connectivity index is 1.52. The van der Waals surface area contributed by atoms with Gasteiger partial charge in [-0.25, -0.2) is 0 Å². The Hall–Kier alpha value is -3.26. The molecule has 0 aromatic heterocycles. The van der Waals surface area contributed by atoms with E-state index in [1.54, 1.807) is 12.1 Å². The predicted molar refractivity (Wildman–Crippen MR) is 114 cm³/mol. The first kappa shape index (κ1) is 21.4. The lowest BCUT2D eigenvalue weighted by Crippen LogP contribution is -3.07. The molecule has 0 bridgehead atoms. The minimum absolute atomic E-state index is 0.0341. The third-order valence-corrected chi connectivity index (χ3v) is 5.07. The van der Waals surface area contributed by atoms with Crippen molar-refractivity contribution in [3.63, 3.8) is 0 Å². The molecule has 30 heavy (non-hydrogen) atoms.